The Hall–Kier alpha value is -1.65. The molecule has 3 aliphatic rings. The van der Waals surface area contributed by atoms with Crippen molar-refractivity contribution in [3.63, 3.8) is 0 Å². The van der Waals surface area contributed by atoms with Crippen molar-refractivity contribution in [2.75, 3.05) is 0 Å². The van der Waals surface area contributed by atoms with Gasteiger partial charge in [-0.15, -0.1) is 0 Å². The minimum atomic E-state index is -0.236. The standard InChI is InChI=1S/C16H12Cl2N2O2/c17-11-4-3-10(12(18)6-11)7-19-20-15(21)13-8-1-2-9(5-8)14(13)16(20)22/h1-4,6-9,13-14H,5H2/b19-7-/t8-,9-,13+,14+/m0/s1. The summed E-state index contributed by atoms with van der Waals surface area (Å²) in [4.78, 5) is 24.9. The number of imide groups is 1. The number of carbonyl (C=O) groups excluding carboxylic acids is 2. The van der Waals surface area contributed by atoms with Crippen molar-refractivity contribution in [3.8, 4) is 0 Å². The van der Waals surface area contributed by atoms with Crippen LogP contribution >= 0.6 is 23.2 Å². The number of amides is 2. The third-order valence-electron chi connectivity index (χ3n) is 4.72. The molecule has 2 bridgehead atoms. The number of nitrogens with zero attached hydrogens (tertiary/aromatic N) is 2. The van der Waals surface area contributed by atoms with E-state index in [1.54, 1.807) is 18.2 Å². The van der Waals surface area contributed by atoms with Crippen molar-refractivity contribution in [1.82, 2.24) is 5.01 Å². The van der Waals surface area contributed by atoms with E-state index in [1.807, 2.05) is 0 Å². The normalized spacial score (nSPS) is 32.5. The Morgan fingerprint density at radius 3 is 2.32 bits per heavy atom. The molecule has 0 spiro atoms. The van der Waals surface area contributed by atoms with E-state index in [4.69, 9.17) is 23.2 Å². The maximum Gasteiger partial charge on any atom is 0.254 e. The SMILES string of the molecule is O=C1[C@H]2[C@H](C(=O)N1/N=C\c1ccc(Cl)cc1Cl)[C@H]1C=C[C@H]2C1. The zero-order valence-electron chi connectivity index (χ0n) is 11.4. The minimum absolute atomic E-state index is 0.186. The topological polar surface area (TPSA) is 49.7 Å². The van der Waals surface area contributed by atoms with E-state index in [-0.39, 0.29) is 35.5 Å². The third-order valence-corrected chi connectivity index (χ3v) is 5.28. The summed E-state index contributed by atoms with van der Waals surface area (Å²) in [5.41, 5.74) is 0.616. The summed E-state index contributed by atoms with van der Waals surface area (Å²) < 4.78 is 0. The monoisotopic (exact) mass is 334 g/mol. The molecule has 4 rings (SSSR count). The van der Waals surface area contributed by atoms with Gasteiger partial charge < -0.3 is 0 Å². The summed E-state index contributed by atoms with van der Waals surface area (Å²) in [7, 11) is 0. The molecule has 1 aromatic rings. The first-order valence-electron chi connectivity index (χ1n) is 7.11. The van der Waals surface area contributed by atoms with Gasteiger partial charge in [0.25, 0.3) is 11.8 Å². The average molecular weight is 335 g/mol. The maximum atomic E-state index is 12.5. The van der Waals surface area contributed by atoms with Gasteiger partial charge in [0.1, 0.15) is 0 Å². The largest absolute Gasteiger partial charge is 0.272 e. The number of hydrogen-bond acceptors (Lipinski definition) is 3. The zero-order valence-corrected chi connectivity index (χ0v) is 13.0. The third kappa shape index (κ3) is 1.94. The highest BCUT2D eigenvalue weighted by molar-refractivity contribution is 6.36. The molecule has 22 heavy (non-hydrogen) atoms. The van der Waals surface area contributed by atoms with Gasteiger partial charge >= 0.3 is 0 Å². The fourth-order valence-corrected chi connectivity index (χ4v) is 4.18. The van der Waals surface area contributed by atoms with Gasteiger partial charge in [0.05, 0.1) is 23.1 Å². The number of carbonyl (C=O) groups is 2. The lowest BCUT2D eigenvalue weighted by Crippen LogP contribution is -2.28. The first-order valence-corrected chi connectivity index (χ1v) is 7.87. The van der Waals surface area contributed by atoms with Gasteiger partial charge in [0.15, 0.2) is 0 Å². The fraction of sp³-hybridized carbons (Fsp3) is 0.312. The molecule has 0 radical (unpaired) electrons. The molecule has 4 nitrogen and oxygen atoms in total. The van der Waals surface area contributed by atoms with Crippen LogP contribution in [0.4, 0.5) is 0 Å². The Balaban J connectivity index is 1.60. The lowest BCUT2D eigenvalue weighted by Gasteiger charge is -2.13. The lowest BCUT2D eigenvalue weighted by molar-refractivity contribution is -0.140. The smallest absolute Gasteiger partial charge is 0.254 e. The van der Waals surface area contributed by atoms with Gasteiger partial charge in [-0.05, 0) is 30.4 Å². The van der Waals surface area contributed by atoms with Crippen LogP contribution in [0, 0.1) is 23.7 Å². The Labute approximate surface area is 137 Å². The number of fused-ring (bicyclic) bond motifs is 5. The van der Waals surface area contributed by atoms with E-state index in [9.17, 15) is 9.59 Å². The van der Waals surface area contributed by atoms with Crippen LogP contribution in [-0.2, 0) is 9.59 Å². The molecule has 2 aliphatic carbocycles. The van der Waals surface area contributed by atoms with Gasteiger partial charge in [-0.2, -0.15) is 10.1 Å². The van der Waals surface area contributed by atoms with Crippen LogP contribution in [0.3, 0.4) is 0 Å². The highest BCUT2D eigenvalue weighted by Crippen LogP contribution is 2.52. The molecule has 1 saturated heterocycles. The number of allylic oxidation sites excluding steroid dienone is 2. The van der Waals surface area contributed by atoms with Crippen LogP contribution in [0.2, 0.25) is 10.0 Å². The molecule has 1 aromatic carbocycles. The van der Waals surface area contributed by atoms with Crippen molar-refractivity contribution in [2.24, 2.45) is 28.8 Å². The first-order chi connectivity index (χ1) is 10.6. The second-order valence-electron chi connectivity index (χ2n) is 5.90. The fourth-order valence-electron chi connectivity index (χ4n) is 3.73. The van der Waals surface area contributed by atoms with E-state index in [1.165, 1.54) is 6.21 Å². The second-order valence-corrected chi connectivity index (χ2v) is 6.74. The Morgan fingerprint density at radius 2 is 1.73 bits per heavy atom. The summed E-state index contributed by atoms with van der Waals surface area (Å²) in [6, 6.07) is 4.98. The summed E-state index contributed by atoms with van der Waals surface area (Å²) in [6.07, 6.45) is 6.46. The summed E-state index contributed by atoms with van der Waals surface area (Å²) in [5.74, 6) is -0.501. The van der Waals surface area contributed by atoms with E-state index in [2.05, 4.69) is 17.3 Å². The molecule has 1 saturated carbocycles. The predicted molar refractivity (Wildman–Crippen MR) is 83.6 cm³/mol. The minimum Gasteiger partial charge on any atom is -0.272 e. The molecule has 4 atom stereocenters. The lowest BCUT2D eigenvalue weighted by atomic mass is 9.85. The van der Waals surface area contributed by atoms with E-state index in [0.717, 1.165) is 11.4 Å². The summed E-state index contributed by atoms with van der Waals surface area (Å²) in [6.45, 7) is 0. The number of rotatable bonds is 2. The Kier molecular flexibility index (Phi) is 3.13. The van der Waals surface area contributed by atoms with E-state index >= 15 is 0 Å². The number of halogens is 2. The Morgan fingerprint density at radius 1 is 1.09 bits per heavy atom. The molecule has 0 N–H and O–H groups in total. The van der Waals surface area contributed by atoms with Crippen LogP contribution in [0.15, 0.2) is 35.5 Å². The zero-order chi connectivity index (χ0) is 15.4. The number of hydrogen-bond donors (Lipinski definition) is 0. The maximum absolute atomic E-state index is 12.5. The molecule has 1 aliphatic heterocycles. The average Bonchev–Trinajstić information content (AvgIpc) is 3.14. The van der Waals surface area contributed by atoms with Crippen LogP contribution in [-0.4, -0.2) is 23.0 Å². The Bertz CT molecular complexity index is 714. The van der Waals surface area contributed by atoms with Crippen LogP contribution in [0.1, 0.15) is 12.0 Å². The van der Waals surface area contributed by atoms with Crippen molar-refractivity contribution < 1.29 is 9.59 Å². The molecular weight excluding hydrogens is 323 g/mol. The molecule has 6 heteroatoms. The van der Waals surface area contributed by atoms with Gasteiger partial charge in [-0.3, -0.25) is 9.59 Å². The highest BCUT2D eigenvalue weighted by Gasteiger charge is 2.59. The van der Waals surface area contributed by atoms with Crippen molar-refractivity contribution in [2.45, 2.75) is 6.42 Å². The molecule has 112 valence electrons. The molecule has 2 fully saturated rings. The summed E-state index contributed by atoms with van der Waals surface area (Å²) in [5, 5.41) is 6.03. The number of hydrazone groups is 1. The van der Waals surface area contributed by atoms with Crippen molar-refractivity contribution in [3.05, 3.63) is 46.0 Å². The van der Waals surface area contributed by atoms with Crippen LogP contribution in [0.5, 0.6) is 0 Å². The molecule has 0 unspecified atom stereocenters. The molecule has 1 heterocycles. The van der Waals surface area contributed by atoms with Crippen molar-refractivity contribution in [1.29, 1.82) is 0 Å². The molecule has 0 aromatic heterocycles. The summed E-state index contributed by atoms with van der Waals surface area (Å²) >= 11 is 11.9. The first kappa shape index (κ1) is 14.0. The van der Waals surface area contributed by atoms with Crippen molar-refractivity contribution >= 4 is 41.2 Å². The van der Waals surface area contributed by atoms with Gasteiger partial charge in [0.2, 0.25) is 0 Å². The second kappa shape index (κ2) is 4.93. The van der Waals surface area contributed by atoms with E-state index < -0.39 is 0 Å². The van der Waals surface area contributed by atoms with Crippen LogP contribution in [0.25, 0.3) is 0 Å². The molecular formula is C16H12Cl2N2O2. The quantitative estimate of drug-likeness (QED) is 0.474. The van der Waals surface area contributed by atoms with Gasteiger partial charge in [-0.25, -0.2) is 0 Å². The van der Waals surface area contributed by atoms with Gasteiger partial charge in [-0.1, -0.05) is 41.4 Å². The molecule has 2 amide bonds. The predicted octanol–water partition coefficient (Wildman–Crippen LogP) is 3.13. The number of benzene rings is 1. The van der Waals surface area contributed by atoms with Gasteiger partial charge in [0, 0.05) is 10.6 Å². The highest BCUT2D eigenvalue weighted by atomic mass is 35.5. The van der Waals surface area contributed by atoms with Crippen LogP contribution < -0.4 is 0 Å². The van der Waals surface area contributed by atoms with E-state index in [0.29, 0.717) is 15.6 Å².